The van der Waals surface area contributed by atoms with Crippen LogP contribution in [0, 0.1) is 0 Å². The van der Waals surface area contributed by atoms with E-state index in [0.717, 1.165) is 6.42 Å². The quantitative estimate of drug-likeness (QED) is 0.907. The van der Waals surface area contributed by atoms with E-state index in [-0.39, 0.29) is 0 Å². The van der Waals surface area contributed by atoms with Crippen LogP contribution in [0.25, 0.3) is 0 Å². The Hall–Kier alpha value is -1.06. The summed E-state index contributed by atoms with van der Waals surface area (Å²) in [5.41, 5.74) is 2.86. The van der Waals surface area contributed by atoms with Gasteiger partial charge in [0.05, 0.1) is 12.5 Å². The van der Waals surface area contributed by atoms with Crippen molar-refractivity contribution in [1.29, 1.82) is 0 Å². The lowest BCUT2D eigenvalue weighted by molar-refractivity contribution is 0.553. The number of likely N-dealkylation sites (N-methyl/N-ethyl adjacent to an activating group) is 1. The first kappa shape index (κ1) is 12.0. The van der Waals surface area contributed by atoms with E-state index in [4.69, 9.17) is 4.42 Å². The molecule has 3 rings (SSSR count). The molecular formula is C15H19NOS. The minimum absolute atomic E-state index is 0.415. The van der Waals surface area contributed by atoms with Crippen molar-refractivity contribution in [3.8, 4) is 0 Å². The third-order valence-corrected chi connectivity index (χ3v) is 5.08. The van der Waals surface area contributed by atoms with Gasteiger partial charge in [0.15, 0.2) is 0 Å². The van der Waals surface area contributed by atoms with E-state index in [1.165, 1.54) is 36.1 Å². The summed E-state index contributed by atoms with van der Waals surface area (Å²) in [6.07, 6.45) is 9.87. The first-order valence-corrected chi connectivity index (χ1v) is 7.48. The molecule has 1 aliphatic rings. The smallest absolute Gasteiger partial charge is 0.0935 e. The topological polar surface area (TPSA) is 25.2 Å². The van der Waals surface area contributed by atoms with E-state index in [1.54, 1.807) is 16.7 Å². The number of thiophene rings is 1. The monoisotopic (exact) mass is 261 g/mol. The van der Waals surface area contributed by atoms with Crippen molar-refractivity contribution in [2.24, 2.45) is 0 Å². The molecule has 96 valence electrons. The fraction of sp³-hybridized carbons (Fsp3) is 0.467. The molecule has 1 aliphatic carbocycles. The van der Waals surface area contributed by atoms with Crippen LogP contribution < -0.4 is 5.32 Å². The average molecular weight is 261 g/mol. The molecule has 0 aliphatic heterocycles. The Labute approximate surface area is 112 Å². The van der Waals surface area contributed by atoms with Crippen LogP contribution in [0.5, 0.6) is 0 Å². The second-order valence-electron chi connectivity index (χ2n) is 4.98. The summed E-state index contributed by atoms with van der Waals surface area (Å²) < 4.78 is 5.15. The lowest BCUT2D eigenvalue weighted by Gasteiger charge is -2.13. The van der Waals surface area contributed by atoms with Gasteiger partial charge in [-0.05, 0) is 62.4 Å². The number of hydrogen-bond acceptors (Lipinski definition) is 3. The van der Waals surface area contributed by atoms with Crippen molar-refractivity contribution in [2.75, 3.05) is 7.05 Å². The van der Waals surface area contributed by atoms with Crippen LogP contribution in [-0.2, 0) is 19.3 Å². The maximum Gasteiger partial charge on any atom is 0.0935 e. The summed E-state index contributed by atoms with van der Waals surface area (Å²) in [5, 5.41) is 3.43. The average Bonchev–Trinajstić information content (AvgIpc) is 3.04. The molecule has 1 atom stereocenters. The number of rotatable bonds is 4. The van der Waals surface area contributed by atoms with Crippen LogP contribution in [0.2, 0.25) is 0 Å². The summed E-state index contributed by atoms with van der Waals surface area (Å²) in [6.45, 7) is 0. The molecule has 0 spiro atoms. The molecule has 0 amide bonds. The maximum atomic E-state index is 5.15. The predicted octanol–water partition coefficient (Wildman–Crippen LogP) is 3.72. The fourth-order valence-corrected chi connectivity index (χ4v) is 4.04. The fourth-order valence-electron chi connectivity index (χ4n) is 2.67. The highest BCUT2D eigenvalue weighted by Crippen LogP contribution is 2.33. The van der Waals surface area contributed by atoms with E-state index in [9.17, 15) is 0 Å². The van der Waals surface area contributed by atoms with Crippen molar-refractivity contribution >= 4 is 11.3 Å². The zero-order valence-corrected chi connectivity index (χ0v) is 11.6. The summed E-state index contributed by atoms with van der Waals surface area (Å²) >= 11 is 2.00. The molecule has 3 heteroatoms. The minimum atomic E-state index is 0.415. The molecule has 18 heavy (non-hydrogen) atoms. The van der Waals surface area contributed by atoms with Gasteiger partial charge in [0.2, 0.25) is 0 Å². The molecule has 0 fully saturated rings. The lowest BCUT2D eigenvalue weighted by atomic mass is 9.98. The van der Waals surface area contributed by atoms with Crippen molar-refractivity contribution in [3.63, 3.8) is 0 Å². The highest BCUT2D eigenvalue weighted by Gasteiger charge is 2.18. The Morgan fingerprint density at radius 2 is 2.28 bits per heavy atom. The molecular weight excluding hydrogens is 242 g/mol. The Morgan fingerprint density at radius 1 is 1.39 bits per heavy atom. The number of furan rings is 1. The molecule has 0 saturated heterocycles. The van der Waals surface area contributed by atoms with E-state index < -0.39 is 0 Å². The molecule has 0 aromatic carbocycles. The molecule has 2 heterocycles. The van der Waals surface area contributed by atoms with E-state index >= 15 is 0 Å². The number of aryl methyl sites for hydroxylation is 2. The lowest BCUT2D eigenvalue weighted by Crippen LogP contribution is -2.17. The van der Waals surface area contributed by atoms with Crippen molar-refractivity contribution < 1.29 is 4.42 Å². The van der Waals surface area contributed by atoms with Gasteiger partial charge in [-0.2, -0.15) is 0 Å². The zero-order valence-electron chi connectivity index (χ0n) is 10.7. The van der Waals surface area contributed by atoms with E-state index in [1.807, 2.05) is 24.6 Å². The molecule has 2 aromatic heterocycles. The molecule has 2 nitrogen and oxygen atoms in total. The van der Waals surface area contributed by atoms with Gasteiger partial charge < -0.3 is 9.73 Å². The summed E-state index contributed by atoms with van der Waals surface area (Å²) in [5.74, 6) is 0. The van der Waals surface area contributed by atoms with Crippen LogP contribution in [0.3, 0.4) is 0 Å². The van der Waals surface area contributed by atoms with Gasteiger partial charge in [-0.3, -0.25) is 0 Å². The summed E-state index contributed by atoms with van der Waals surface area (Å²) in [6, 6.07) is 4.89. The SMILES string of the molecule is CNC(Cc1ccoc1)c1cc2c(s1)CCCC2. The highest BCUT2D eigenvalue weighted by atomic mass is 32.1. The van der Waals surface area contributed by atoms with Crippen molar-refractivity contribution in [3.05, 3.63) is 45.5 Å². The van der Waals surface area contributed by atoms with Gasteiger partial charge in [-0.15, -0.1) is 11.3 Å². The first-order valence-electron chi connectivity index (χ1n) is 6.66. The molecule has 1 N–H and O–H groups in total. The Morgan fingerprint density at radius 3 is 3.00 bits per heavy atom. The van der Waals surface area contributed by atoms with Crippen molar-refractivity contribution in [1.82, 2.24) is 5.32 Å². The normalized spacial score (nSPS) is 16.5. The Bertz CT molecular complexity index is 477. The van der Waals surface area contributed by atoms with Crippen LogP contribution in [0.4, 0.5) is 0 Å². The van der Waals surface area contributed by atoms with E-state index in [2.05, 4.69) is 17.4 Å². The molecule has 0 bridgehead atoms. The second-order valence-corrected chi connectivity index (χ2v) is 6.15. The second kappa shape index (κ2) is 5.29. The Kier molecular flexibility index (Phi) is 3.52. The van der Waals surface area contributed by atoms with Gasteiger partial charge in [-0.25, -0.2) is 0 Å². The van der Waals surface area contributed by atoms with E-state index in [0.29, 0.717) is 6.04 Å². The minimum Gasteiger partial charge on any atom is -0.472 e. The third kappa shape index (κ3) is 2.38. The molecule has 2 aromatic rings. The molecule has 1 unspecified atom stereocenters. The highest BCUT2D eigenvalue weighted by molar-refractivity contribution is 7.12. The maximum absolute atomic E-state index is 5.15. The van der Waals surface area contributed by atoms with Gasteiger partial charge in [0, 0.05) is 15.8 Å². The van der Waals surface area contributed by atoms with Crippen LogP contribution in [0.15, 0.2) is 29.1 Å². The van der Waals surface area contributed by atoms with Crippen molar-refractivity contribution in [2.45, 2.75) is 38.1 Å². The van der Waals surface area contributed by atoms with Crippen LogP contribution >= 0.6 is 11.3 Å². The zero-order chi connectivity index (χ0) is 12.4. The molecule has 0 saturated carbocycles. The Balaban J connectivity index is 1.80. The molecule has 0 radical (unpaired) electrons. The van der Waals surface area contributed by atoms with Gasteiger partial charge in [-0.1, -0.05) is 0 Å². The van der Waals surface area contributed by atoms with Crippen LogP contribution in [0.1, 0.15) is 39.8 Å². The number of nitrogens with one attached hydrogen (secondary N) is 1. The number of fused-ring (bicyclic) bond motifs is 1. The van der Waals surface area contributed by atoms with Gasteiger partial charge >= 0.3 is 0 Å². The number of hydrogen-bond donors (Lipinski definition) is 1. The summed E-state index contributed by atoms with van der Waals surface area (Å²) in [7, 11) is 2.05. The largest absolute Gasteiger partial charge is 0.472 e. The first-order chi connectivity index (χ1) is 8.86. The van der Waals surface area contributed by atoms with Crippen LogP contribution in [-0.4, -0.2) is 7.05 Å². The standard InChI is InChI=1S/C15H19NOS/c1-16-13(8-11-6-7-17-10-11)15-9-12-4-2-3-5-14(12)18-15/h6-7,9-10,13,16H,2-5,8H2,1H3. The third-order valence-electron chi connectivity index (χ3n) is 3.73. The van der Waals surface area contributed by atoms with Gasteiger partial charge in [0.1, 0.15) is 0 Å². The van der Waals surface area contributed by atoms with Gasteiger partial charge in [0.25, 0.3) is 0 Å². The summed E-state index contributed by atoms with van der Waals surface area (Å²) in [4.78, 5) is 3.09. The predicted molar refractivity (Wildman–Crippen MR) is 75.2 cm³/mol.